The van der Waals surface area contributed by atoms with E-state index in [1.807, 2.05) is 32.0 Å². The number of hydrogen-bond acceptors (Lipinski definition) is 5. The van der Waals surface area contributed by atoms with Gasteiger partial charge in [0.2, 0.25) is 17.7 Å². The van der Waals surface area contributed by atoms with Crippen LogP contribution < -0.4 is 14.8 Å². The van der Waals surface area contributed by atoms with Crippen LogP contribution >= 0.6 is 0 Å². The smallest absolute Gasteiger partial charge is 0.223 e. The molecule has 0 bridgehead atoms. The SMILES string of the molecule is CC(=O)N1CCN(C(=O)CCC(=O)N[C@@H](c2ccc3c(c2)OCCO3)C(C)C)CC1. The van der Waals surface area contributed by atoms with Gasteiger partial charge in [0.25, 0.3) is 0 Å². The maximum absolute atomic E-state index is 12.6. The fraction of sp³-hybridized carbons (Fsp3) is 0.591. The van der Waals surface area contributed by atoms with E-state index in [9.17, 15) is 14.4 Å². The van der Waals surface area contributed by atoms with Crippen LogP contribution in [0.5, 0.6) is 11.5 Å². The molecule has 2 heterocycles. The Balaban J connectivity index is 1.52. The Morgan fingerprint density at radius 1 is 0.967 bits per heavy atom. The van der Waals surface area contributed by atoms with Crippen LogP contribution in [0.1, 0.15) is 45.2 Å². The number of nitrogens with one attached hydrogen (secondary N) is 1. The molecule has 0 radical (unpaired) electrons. The van der Waals surface area contributed by atoms with Crippen molar-refractivity contribution in [3.63, 3.8) is 0 Å². The maximum atomic E-state index is 12.6. The lowest BCUT2D eigenvalue weighted by atomic mass is 9.95. The molecule has 0 aliphatic carbocycles. The molecule has 8 heteroatoms. The second kappa shape index (κ2) is 9.82. The Morgan fingerprint density at radius 2 is 1.60 bits per heavy atom. The highest BCUT2D eigenvalue weighted by atomic mass is 16.6. The molecule has 0 aromatic heterocycles. The number of fused-ring (bicyclic) bond motifs is 1. The molecule has 1 N–H and O–H groups in total. The number of hydrogen-bond donors (Lipinski definition) is 1. The number of carbonyl (C=O) groups is 3. The summed E-state index contributed by atoms with van der Waals surface area (Å²) in [5, 5.41) is 3.06. The molecule has 1 atom stereocenters. The van der Waals surface area contributed by atoms with Gasteiger partial charge in [-0.1, -0.05) is 19.9 Å². The minimum Gasteiger partial charge on any atom is -0.486 e. The lowest BCUT2D eigenvalue weighted by molar-refractivity contribution is -0.139. The first-order valence-electron chi connectivity index (χ1n) is 10.6. The molecule has 1 fully saturated rings. The lowest BCUT2D eigenvalue weighted by Crippen LogP contribution is -2.50. The number of benzene rings is 1. The molecule has 30 heavy (non-hydrogen) atoms. The third-order valence-electron chi connectivity index (χ3n) is 5.55. The Hall–Kier alpha value is -2.77. The van der Waals surface area contributed by atoms with Gasteiger partial charge < -0.3 is 24.6 Å². The van der Waals surface area contributed by atoms with Crippen molar-refractivity contribution in [1.29, 1.82) is 0 Å². The molecule has 1 aromatic rings. The van der Waals surface area contributed by atoms with E-state index < -0.39 is 0 Å². The maximum Gasteiger partial charge on any atom is 0.223 e. The van der Waals surface area contributed by atoms with Gasteiger partial charge in [-0.25, -0.2) is 0 Å². The molecular formula is C22H31N3O5. The van der Waals surface area contributed by atoms with Gasteiger partial charge in [-0.05, 0) is 23.6 Å². The molecule has 3 rings (SSSR count). The van der Waals surface area contributed by atoms with E-state index in [1.165, 1.54) is 6.92 Å². The van der Waals surface area contributed by atoms with E-state index in [2.05, 4.69) is 5.32 Å². The largest absolute Gasteiger partial charge is 0.486 e. The summed E-state index contributed by atoms with van der Waals surface area (Å²) in [6, 6.07) is 5.55. The third kappa shape index (κ3) is 5.43. The predicted molar refractivity (Wildman–Crippen MR) is 111 cm³/mol. The normalized spacial score (nSPS) is 16.9. The Morgan fingerprint density at radius 3 is 2.23 bits per heavy atom. The molecule has 2 aliphatic heterocycles. The fourth-order valence-electron chi connectivity index (χ4n) is 3.78. The summed E-state index contributed by atoms with van der Waals surface area (Å²) in [7, 11) is 0. The van der Waals surface area contributed by atoms with E-state index >= 15 is 0 Å². The summed E-state index contributed by atoms with van der Waals surface area (Å²) in [6.45, 7) is 8.81. The molecule has 3 amide bonds. The summed E-state index contributed by atoms with van der Waals surface area (Å²) in [5.41, 5.74) is 0.953. The van der Waals surface area contributed by atoms with Crippen LogP contribution in [0.2, 0.25) is 0 Å². The van der Waals surface area contributed by atoms with Crippen LogP contribution in [0.3, 0.4) is 0 Å². The van der Waals surface area contributed by atoms with Crippen molar-refractivity contribution in [3.05, 3.63) is 23.8 Å². The van der Waals surface area contributed by atoms with Crippen LogP contribution in [0.25, 0.3) is 0 Å². The summed E-state index contributed by atoms with van der Waals surface area (Å²) >= 11 is 0. The number of piperazine rings is 1. The molecule has 1 saturated heterocycles. The lowest BCUT2D eigenvalue weighted by Gasteiger charge is -2.34. The zero-order chi connectivity index (χ0) is 21.7. The van der Waals surface area contributed by atoms with E-state index in [1.54, 1.807) is 9.80 Å². The second-order valence-electron chi connectivity index (χ2n) is 8.08. The monoisotopic (exact) mass is 417 g/mol. The van der Waals surface area contributed by atoms with Crippen LogP contribution in [0, 0.1) is 5.92 Å². The zero-order valence-corrected chi connectivity index (χ0v) is 18.0. The van der Waals surface area contributed by atoms with Crippen LogP contribution in [-0.2, 0) is 14.4 Å². The molecular weight excluding hydrogens is 386 g/mol. The van der Waals surface area contributed by atoms with Crippen LogP contribution in [0.4, 0.5) is 0 Å². The van der Waals surface area contributed by atoms with Crippen LogP contribution in [0.15, 0.2) is 18.2 Å². The highest BCUT2D eigenvalue weighted by Gasteiger charge is 2.24. The minimum atomic E-state index is -0.178. The topological polar surface area (TPSA) is 88.2 Å². The van der Waals surface area contributed by atoms with Gasteiger partial charge in [0.05, 0.1) is 6.04 Å². The van der Waals surface area contributed by atoms with E-state index in [0.29, 0.717) is 50.9 Å². The summed E-state index contributed by atoms with van der Waals surface area (Å²) in [5.74, 6) is 1.41. The first-order valence-corrected chi connectivity index (χ1v) is 10.6. The van der Waals surface area contributed by atoms with E-state index in [4.69, 9.17) is 9.47 Å². The van der Waals surface area contributed by atoms with Crippen molar-refractivity contribution in [2.75, 3.05) is 39.4 Å². The summed E-state index contributed by atoms with van der Waals surface area (Å²) in [4.78, 5) is 39.9. The van der Waals surface area contributed by atoms with Crippen LogP contribution in [-0.4, -0.2) is 66.9 Å². The van der Waals surface area contributed by atoms with Gasteiger partial charge in [0, 0.05) is 45.9 Å². The first-order chi connectivity index (χ1) is 14.3. The number of nitrogens with zero attached hydrogens (tertiary/aromatic N) is 2. The third-order valence-corrected chi connectivity index (χ3v) is 5.55. The average Bonchev–Trinajstić information content (AvgIpc) is 2.75. The zero-order valence-electron chi connectivity index (χ0n) is 18.0. The number of ether oxygens (including phenoxy) is 2. The standard InChI is InChI=1S/C22H31N3O5/c1-15(2)22(17-4-5-18-19(14-17)30-13-12-29-18)23-20(27)6-7-21(28)25-10-8-24(9-11-25)16(3)26/h4-5,14-15,22H,6-13H2,1-3H3,(H,23,27)/t22-/m1/s1. The minimum absolute atomic E-state index is 0.0281. The molecule has 0 saturated carbocycles. The summed E-state index contributed by atoms with van der Waals surface area (Å²) in [6.07, 6.45) is 0.303. The molecule has 1 aromatic carbocycles. The Bertz CT molecular complexity index is 787. The van der Waals surface area contributed by atoms with E-state index in [-0.39, 0.29) is 42.5 Å². The fourth-order valence-corrected chi connectivity index (χ4v) is 3.78. The molecule has 8 nitrogen and oxygen atoms in total. The Kier molecular flexibility index (Phi) is 7.18. The van der Waals surface area contributed by atoms with Crippen molar-refractivity contribution in [3.8, 4) is 11.5 Å². The molecule has 0 spiro atoms. The summed E-state index contributed by atoms with van der Waals surface area (Å²) < 4.78 is 11.2. The van der Waals surface area contributed by atoms with Crippen molar-refractivity contribution < 1.29 is 23.9 Å². The van der Waals surface area contributed by atoms with Crippen molar-refractivity contribution in [2.45, 2.75) is 39.7 Å². The van der Waals surface area contributed by atoms with Gasteiger partial charge in [0.15, 0.2) is 11.5 Å². The highest BCUT2D eigenvalue weighted by Crippen LogP contribution is 2.34. The number of carbonyl (C=O) groups excluding carboxylic acids is 3. The Labute approximate surface area is 177 Å². The van der Waals surface area contributed by atoms with Gasteiger partial charge >= 0.3 is 0 Å². The first kappa shape index (κ1) is 21.9. The van der Waals surface area contributed by atoms with Gasteiger partial charge in [0.1, 0.15) is 13.2 Å². The molecule has 164 valence electrons. The average molecular weight is 418 g/mol. The van der Waals surface area contributed by atoms with Crippen molar-refractivity contribution >= 4 is 17.7 Å². The number of amides is 3. The predicted octanol–water partition coefficient (Wildman–Crippen LogP) is 1.74. The quantitative estimate of drug-likeness (QED) is 0.762. The second-order valence-corrected chi connectivity index (χ2v) is 8.08. The van der Waals surface area contributed by atoms with Crippen molar-refractivity contribution in [2.24, 2.45) is 5.92 Å². The van der Waals surface area contributed by atoms with Crippen molar-refractivity contribution in [1.82, 2.24) is 15.1 Å². The van der Waals surface area contributed by atoms with E-state index in [0.717, 1.165) is 5.56 Å². The van der Waals surface area contributed by atoms with Gasteiger partial charge in [-0.15, -0.1) is 0 Å². The molecule has 0 unspecified atom stereocenters. The number of rotatable bonds is 6. The van der Waals surface area contributed by atoms with Gasteiger partial charge in [-0.2, -0.15) is 0 Å². The highest BCUT2D eigenvalue weighted by molar-refractivity contribution is 5.84. The molecule has 2 aliphatic rings. The van der Waals surface area contributed by atoms with Gasteiger partial charge in [-0.3, -0.25) is 14.4 Å².